The predicted molar refractivity (Wildman–Crippen MR) is 114 cm³/mol. The summed E-state index contributed by atoms with van der Waals surface area (Å²) in [5, 5.41) is 2.83. The monoisotopic (exact) mass is 396 g/mol. The Hall–Kier alpha value is -3.28. The highest BCUT2D eigenvalue weighted by Crippen LogP contribution is 2.28. The minimum absolute atomic E-state index is 0.0509. The summed E-state index contributed by atoms with van der Waals surface area (Å²) in [4.78, 5) is 25.5. The standard InChI is InChI=1S/C23H28N2O4/c1-5-14-29-20-12-8-17(15-21(20)28-4)9-13-22(26)24-16-18-6-10-19(11-7-18)23(27)25(2)3/h6-13,15H,5,14,16H2,1-4H3,(H,24,26)/b13-9+. The number of rotatable bonds is 9. The molecule has 2 amide bonds. The van der Waals surface area contributed by atoms with E-state index in [4.69, 9.17) is 9.47 Å². The molecular formula is C23H28N2O4. The SMILES string of the molecule is CCCOc1ccc(/C=C/C(=O)NCc2ccc(C(=O)N(C)C)cc2)cc1OC. The fourth-order valence-corrected chi connectivity index (χ4v) is 2.56. The second-order valence-corrected chi connectivity index (χ2v) is 6.71. The molecule has 0 atom stereocenters. The molecule has 0 spiro atoms. The molecule has 2 aromatic rings. The number of benzene rings is 2. The van der Waals surface area contributed by atoms with Crippen molar-refractivity contribution in [3.63, 3.8) is 0 Å². The van der Waals surface area contributed by atoms with E-state index in [2.05, 4.69) is 5.32 Å². The Bertz CT molecular complexity index is 858. The van der Waals surface area contributed by atoms with Crippen molar-refractivity contribution in [2.45, 2.75) is 19.9 Å². The van der Waals surface area contributed by atoms with Crippen LogP contribution in [0.15, 0.2) is 48.5 Å². The third-order valence-electron chi connectivity index (χ3n) is 4.15. The molecule has 0 radical (unpaired) electrons. The summed E-state index contributed by atoms with van der Waals surface area (Å²) in [6.07, 6.45) is 4.12. The maximum absolute atomic E-state index is 12.1. The van der Waals surface area contributed by atoms with Gasteiger partial charge >= 0.3 is 0 Å². The summed E-state index contributed by atoms with van der Waals surface area (Å²) in [6, 6.07) is 12.7. The van der Waals surface area contributed by atoms with E-state index in [0.717, 1.165) is 17.5 Å². The molecule has 154 valence electrons. The van der Waals surface area contributed by atoms with Gasteiger partial charge in [0.25, 0.3) is 5.91 Å². The van der Waals surface area contributed by atoms with Gasteiger partial charge in [0.2, 0.25) is 5.91 Å². The number of nitrogens with zero attached hydrogens (tertiary/aromatic N) is 1. The average Bonchev–Trinajstić information content (AvgIpc) is 2.74. The van der Waals surface area contributed by atoms with Gasteiger partial charge in [0.15, 0.2) is 11.5 Å². The van der Waals surface area contributed by atoms with Crippen LogP contribution in [0.4, 0.5) is 0 Å². The molecule has 0 saturated carbocycles. The maximum Gasteiger partial charge on any atom is 0.253 e. The van der Waals surface area contributed by atoms with Crippen LogP contribution < -0.4 is 14.8 Å². The number of hydrogen-bond acceptors (Lipinski definition) is 4. The number of carbonyl (C=O) groups is 2. The van der Waals surface area contributed by atoms with Crippen molar-refractivity contribution in [2.75, 3.05) is 27.8 Å². The minimum atomic E-state index is -0.205. The summed E-state index contributed by atoms with van der Waals surface area (Å²) in [7, 11) is 5.01. The lowest BCUT2D eigenvalue weighted by molar-refractivity contribution is -0.116. The molecule has 1 N–H and O–H groups in total. The van der Waals surface area contributed by atoms with Crippen LogP contribution in [0.2, 0.25) is 0 Å². The normalized spacial score (nSPS) is 10.6. The smallest absolute Gasteiger partial charge is 0.253 e. The molecule has 0 heterocycles. The van der Waals surface area contributed by atoms with Gasteiger partial charge in [-0.05, 0) is 47.9 Å². The van der Waals surface area contributed by atoms with Crippen LogP contribution in [0.3, 0.4) is 0 Å². The maximum atomic E-state index is 12.1. The van der Waals surface area contributed by atoms with E-state index in [0.29, 0.717) is 30.2 Å². The molecular weight excluding hydrogens is 368 g/mol. The Kier molecular flexibility index (Phi) is 8.27. The van der Waals surface area contributed by atoms with Crippen molar-refractivity contribution in [2.24, 2.45) is 0 Å². The number of amides is 2. The second-order valence-electron chi connectivity index (χ2n) is 6.71. The molecule has 0 aliphatic rings. The fourth-order valence-electron chi connectivity index (χ4n) is 2.56. The van der Waals surface area contributed by atoms with Crippen LogP contribution in [-0.4, -0.2) is 44.5 Å². The first kappa shape index (κ1) is 22.0. The third-order valence-corrected chi connectivity index (χ3v) is 4.15. The van der Waals surface area contributed by atoms with E-state index >= 15 is 0 Å². The second kappa shape index (κ2) is 10.9. The Balaban J connectivity index is 1.92. The zero-order valence-electron chi connectivity index (χ0n) is 17.4. The van der Waals surface area contributed by atoms with Crippen molar-refractivity contribution >= 4 is 17.9 Å². The summed E-state index contributed by atoms with van der Waals surface area (Å²) >= 11 is 0. The van der Waals surface area contributed by atoms with Crippen molar-refractivity contribution < 1.29 is 19.1 Å². The van der Waals surface area contributed by atoms with Crippen molar-refractivity contribution in [1.82, 2.24) is 10.2 Å². The van der Waals surface area contributed by atoms with Gasteiger partial charge in [-0.2, -0.15) is 0 Å². The summed E-state index contributed by atoms with van der Waals surface area (Å²) in [6.45, 7) is 3.05. The Morgan fingerprint density at radius 1 is 1.07 bits per heavy atom. The first-order valence-electron chi connectivity index (χ1n) is 9.52. The summed E-state index contributed by atoms with van der Waals surface area (Å²) in [5.74, 6) is 1.06. The van der Waals surface area contributed by atoms with Gasteiger partial charge in [0, 0.05) is 32.3 Å². The van der Waals surface area contributed by atoms with Gasteiger partial charge in [0.1, 0.15) is 0 Å². The lowest BCUT2D eigenvalue weighted by Crippen LogP contribution is -2.22. The summed E-state index contributed by atoms with van der Waals surface area (Å²) < 4.78 is 11.0. The van der Waals surface area contributed by atoms with Crippen LogP contribution in [0.25, 0.3) is 6.08 Å². The summed E-state index contributed by atoms with van der Waals surface area (Å²) in [5.41, 5.74) is 2.37. The number of methoxy groups -OCH3 is 1. The predicted octanol–water partition coefficient (Wildman–Crippen LogP) is 3.52. The first-order valence-corrected chi connectivity index (χ1v) is 9.52. The van der Waals surface area contributed by atoms with Crippen LogP contribution in [-0.2, 0) is 11.3 Å². The van der Waals surface area contributed by atoms with Gasteiger partial charge in [-0.15, -0.1) is 0 Å². The largest absolute Gasteiger partial charge is 0.493 e. The van der Waals surface area contributed by atoms with Crippen LogP contribution in [0.1, 0.15) is 34.8 Å². The Labute approximate surface area is 172 Å². The van der Waals surface area contributed by atoms with Crippen molar-refractivity contribution in [1.29, 1.82) is 0 Å². The van der Waals surface area contributed by atoms with Crippen LogP contribution in [0.5, 0.6) is 11.5 Å². The zero-order chi connectivity index (χ0) is 21.2. The van der Waals surface area contributed by atoms with Crippen LogP contribution >= 0.6 is 0 Å². The number of carbonyl (C=O) groups excluding carboxylic acids is 2. The lowest BCUT2D eigenvalue weighted by atomic mass is 10.1. The van der Waals surface area contributed by atoms with Gasteiger partial charge in [-0.1, -0.05) is 25.1 Å². The van der Waals surface area contributed by atoms with Crippen molar-refractivity contribution in [3.05, 3.63) is 65.2 Å². The molecule has 6 nitrogen and oxygen atoms in total. The molecule has 0 aromatic heterocycles. The minimum Gasteiger partial charge on any atom is -0.493 e. The molecule has 0 bridgehead atoms. The average molecular weight is 396 g/mol. The van der Waals surface area contributed by atoms with Gasteiger partial charge in [-0.3, -0.25) is 9.59 Å². The molecule has 0 aliphatic carbocycles. The van der Waals surface area contributed by atoms with E-state index < -0.39 is 0 Å². The molecule has 6 heteroatoms. The highest BCUT2D eigenvalue weighted by atomic mass is 16.5. The number of nitrogens with one attached hydrogen (secondary N) is 1. The molecule has 0 aliphatic heterocycles. The first-order chi connectivity index (χ1) is 13.9. The quantitative estimate of drug-likeness (QED) is 0.659. The zero-order valence-corrected chi connectivity index (χ0v) is 17.4. The molecule has 0 saturated heterocycles. The van der Waals surface area contributed by atoms with E-state index in [1.165, 1.54) is 11.0 Å². The highest BCUT2D eigenvalue weighted by Gasteiger charge is 2.07. The van der Waals surface area contributed by atoms with Gasteiger partial charge < -0.3 is 19.7 Å². The Morgan fingerprint density at radius 2 is 1.79 bits per heavy atom. The topological polar surface area (TPSA) is 67.9 Å². The molecule has 0 unspecified atom stereocenters. The highest BCUT2D eigenvalue weighted by molar-refractivity contribution is 5.94. The van der Waals surface area contributed by atoms with Crippen molar-refractivity contribution in [3.8, 4) is 11.5 Å². The Morgan fingerprint density at radius 3 is 2.41 bits per heavy atom. The third kappa shape index (κ3) is 6.68. The van der Waals surface area contributed by atoms with E-state index in [1.807, 2.05) is 37.3 Å². The molecule has 2 aromatic carbocycles. The number of ether oxygens (including phenoxy) is 2. The lowest BCUT2D eigenvalue weighted by Gasteiger charge is -2.11. The molecule has 0 fully saturated rings. The molecule has 2 rings (SSSR count). The van der Waals surface area contributed by atoms with Gasteiger partial charge in [0.05, 0.1) is 13.7 Å². The van der Waals surface area contributed by atoms with Crippen LogP contribution in [0, 0.1) is 0 Å². The van der Waals surface area contributed by atoms with E-state index in [-0.39, 0.29) is 11.8 Å². The van der Waals surface area contributed by atoms with E-state index in [1.54, 1.807) is 39.4 Å². The molecule has 29 heavy (non-hydrogen) atoms. The van der Waals surface area contributed by atoms with Gasteiger partial charge in [-0.25, -0.2) is 0 Å². The van der Waals surface area contributed by atoms with E-state index in [9.17, 15) is 9.59 Å². The number of hydrogen-bond donors (Lipinski definition) is 1. The fraction of sp³-hybridized carbons (Fsp3) is 0.304.